The first-order valence-corrected chi connectivity index (χ1v) is 24.1. The maximum atomic E-state index is 12.3. The minimum Gasteiger partial charge on any atom is -0.457 e. The zero-order chi connectivity index (χ0) is 44.5. The second-order valence-corrected chi connectivity index (χ2v) is 21.5. The van der Waals surface area contributed by atoms with Crippen LogP contribution in [0.5, 0.6) is 23.0 Å². The van der Waals surface area contributed by atoms with E-state index in [1.54, 1.807) is 36.4 Å². The molecule has 0 bridgehead atoms. The molecule has 4 aromatic carbocycles. The lowest BCUT2D eigenvalue weighted by molar-refractivity contribution is -0.124. The molecule has 0 saturated heterocycles. The van der Waals surface area contributed by atoms with Crippen LogP contribution in [0.1, 0.15) is 164 Å². The molecule has 8 heteroatoms. The number of rotatable bonds is 12. The van der Waals surface area contributed by atoms with Crippen LogP contribution in [0.2, 0.25) is 0 Å². The molecule has 64 heavy (non-hydrogen) atoms. The van der Waals surface area contributed by atoms with Crippen LogP contribution in [-0.4, -0.2) is 23.9 Å². The van der Waals surface area contributed by atoms with Crippen LogP contribution < -0.4 is 9.47 Å². The second kappa shape index (κ2) is 16.3. The highest BCUT2D eigenvalue weighted by Gasteiger charge is 2.62. The standard InChI is InChI=1S/C56H62O8/c1-33(2)8-6-9-34(3)47-22-23-48-44-19-14-37-32-56(27-26-54(37,4)49(44)24-25-55(47,48)5,36-12-15-38(16-13-36)61-40-17-20-42-45(29-40)52(59)63-50(42)57)31-35-10-7-11-39(28-35)62-41-18-21-43-46(30-41)53(60)64-51(43)58/h7,10-13,15-18,20-21,28-30,33-34,37,44,47-49H,6,8-9,14,19,22-27,31-32H2,1-5H3. The Morgan fingerprint density at radius 1 is 0.594 bits per heavy atom. The molecule has 2 aliphatic heterocycles. The highest BCUT2D eigenvalue weighted by molar-refractivity contribution is 6.15. The van der Waals surface area contributed by atoms with Crippen LogP contribution in [-0.2, 0) is 21.3 Å². The highest BCUT2D eigenvalue weighted by Crippen LogP contribution is 2.70. The van der Waals surface area contributed by atoms with Crippen LogP contribution in [0, 0.1) is 52.3 Å². The number of fused-ring (bicyclic) bond motifs is 7. The highest BCUT2D eigenvalue weighted by atomic mass is 16.6. The van der Waals surface area contributed by atoms with E-state index in [4.69, 9.17) is 18.9 Å². The van der Waals surface area contributed by atoms with Crippen molar-refractivity contribution < 1.29 is 38.1 Å². The molecular weight excluding hydrogens is 801 g/mol. The summed E-state index contributed by atoms with van der Waals surface area (Å²) in [4.78, 5) is 48.7. The van der Waals surface area contributed by atoms with Gasteiger partial charge in [-0.25, -0.2) is 19.2 Å². The Morgan fingerprint density at radius 2 is 1.20 bits per heavy atom. The van der Waals surface area contributed by atoms with Gasteiger partial charge in [-0.1, -0.05) is 78.1 Å². The third-order valence-electron chi connectivity index (χ3n) is 17.7. The van der Waals surface area contributed by atoms with E-state index in [9.17, 15) is 19.2 Å². The largest absolute Gasteiger partial charge is 0.457 e. The summed E-state index contributed by atoms with van der Waals surface area (Å²) in [6.07, 6.45) is 16.5. The van der Waals surface area contributed by atoms with Crippen molar-refractivity contribution in [3.63, 3.8) is 0 Å². The van der Waals surface area contributed by atoms with Gasteiger partial charge in [0, 0.05) is 0 Å². The molecular formula is C56H62O8. The molecule has 0 N–H and O–H groups in total. The first kappa shape index (κ1) is 42.7. The molecule has 0 radical (unpaired) electrons. The molecule has 9 atom stereocenters. The maximum Gasteiger partial charge on any atom is 0.347 e. The summed E-state index contributed by atoms with van der Waals surface area (Å²) in [5.41, 5.74) is 4.07. The van der Waals surface area contributed by atoms with Gasteiger partial charge in [0.2, 0.25) is 0 Å². The third kappa shape index (κ3) is 7.46. The van der Waals surface area contributed by atoms with Gasteiger partial charge in [0.25, 0.3) is 0 Å². The lowest BCUT2D eigenvalue weighted by atomic mass is 9.42. The van der Waals surface area contributed by atoms with Crippen LogP contribution in [0.25, 0.3) is 0 Å². The van der Waals surface area contributed by atoms with E-state index in [2.05, 4.69) is 58.9 Å². The van der Waals surface area contributed by atoms with Crippen molar-refractivity contribution in [3.8, 4) is 23.0 Å². The smallest absolute Gasteiger partial charge is 0.347 e. The Balaban J connectivity index is 0.912. The summed E-state index contributed by atoms with van der Waals surface area (Å²) in [6, 6.07) is 26.5. The predicted molar refractivity (Wildman–Crippen MR) is 244 cm³/mol. The Morgan fingerprint density at radius 3 is 1.88 bits per heavy atom. The average molecular weight is 863 g/mol. The number of ether oxygens (including phenoxy) is 4. The minimum absolute atomic E-state index is 0.128. The Hall–Kier alpha value is -5.24. The predicted octanol–water partition coefficient (Wildman–Crippen LogP) is 13.5. The quantitative estimate of drug-likeness (QED) is 0.102. The van der Waals surface area contributed by atoms with Gasteiger partial charge in [-0.05, 0) is 194 Å². The van der Waals surface area contributed by atoms with E-state index >= 15 is 0 Å². The summed E-state index contributed by atoms with van der Waals surface area (Å²) >= 11 is 0. The monoisotopic (exact) mass is 862 g/mol. The Labute approximate surface area is 377 Å². The normalized spacial score (nSPS) is 30.8. The van der Waals surface area contributed by atoms with Gasteiger partial charge in [0.05, 0.1) is 22.3 Å². The van der Waals surface area contributed by atoms with E-state index < -0.39 is 23.9 Å². The zero-order valence-corrected chi connectivity index (χ0v) is 38.1. The van der Waals surface area contributed by atoms with E-state index in [-0.39, 0.29) is 27.7 Å². The molecule has 4 aliphatic carbocycles. The summed E-state index contributed by atoms with van der Waals surface area (Å²) in [7, 11) is 0. The SMILES string of the molecule is CC(C)CCCC(C)C1CCC2C3CCC4CC(Cc5cccc(Oc6ccc7c(c6)C(=O)OC7=O)c5)(c5ccc(Oc6ccc7c(c6)C(=O)OC7=O)cc5)CCC4(C)C3CCC12C. The lowest BCUT2D eigenvalue weighted by Crippen LogP contribution is -2.55. The van der Waals surface area contributed by atoms with Crippen LogP contribution in [0.3, 0.4) is 0 Å². The molecule has 10 rings (SSSR count). The van der Waals surface area contributed by atoms with Crippen molar-refractivity contribution in [2.24, 2.45) is 52.3 Å². The molecule has 0 spiro atoms. The van der Waals surface area contributed by atoms with Gasteiger partial charge >= 0.3 is 23.9 Å². The van der Waals surface area contributed by atoms with Crippen molar-refractivity contribution in [3.05, 3.63) is 118 Å². The first-order chi connectivity index (χ1) is 30.7. The number of benzene rings is 4. The van der Waals surface area contributed by atoms with Crippen molar-refractivity contribution in [1.82, 2.24) is 0 Å². The number of esters is 4. The summed E-state index contributed by atoms with van der Waals surface area (Å²) in [6.45, 7) is 12.7. The van der Waals surface area contributed by atoms with Crippen molar-refractivity contribution >= 4 is 23.9 Å². The fourth-order valence-corrected chi connectivity index (χ4v) is 14.4. The van der Waals surface area contributed by atoms with Crippen molar-refractivity contribution in [2.75, 3.05) is 0 Å². The van der Waals surface area contributed by atoms with E-state index in [0.717, 1.165) is 54.8 Å². The molecule has 4 aromatic rings. The second-order valence-electron chi connectivity index (χ2n) is 21.5. The molecule has 0 aromatic heterocycles. The van der Waals surface area contributed by atoms with Gasteiger partial charge in [-0.2, -0.15) is 0 Å². The fraction of sp³-hybridized carbons (Fsp3) is 0.500. The van der Waals surface area contributed by atoms with Gasteiger partial charge in [0.15, 0.2) is 0 Å². The summed E-state index contributed by atoms with van der Waals surface area (Å²) in [5.74, 6) is 5.20. The number of hydrogen-bond acceptors (Lipinski definition) is 8. The van der Waals surface area contributed by atoms with Crippen LogP contribution in [0.15, 0.2) is 84.9 Å². The number of cyclic esters (lactones) is 4. The molecule has 4 fully saturated rings. The molecule has 2 heterocycles. The van der Waals surface area contributed by atoms with E-state index in [1.807, 2.05) is 24.3 Å². The maximum absolute atomic E-state index is 12.3. The lowest BCUT2D eigenvalue weighted by Gasteiger charge is -2.63. The molecule has 4 saturated carbocycles. The van der Waals surface area contributed by atoms with Gasteiger partial charge < -0.3 is 18.9 Å². The Bertz CT molecular complexity index is 2500. The van der Waals surface area contributed by atoms with Crippen LogP contribution in [0.4, 0.5) is 0 Å². The third-order valence-corrected chi connectivity index (χ3v) is 17.7. The van der Waals surface area contributed by atoms with Crippen LogP contribution >= 0.6 is 0 Å². The van der Waals surface area contributed by atoms with Crippen molar-refractivity contribution in [2.45, 2.75) is 124 Å². The zero-order valence-electron chi connectivity index (χ0n) is 38.1. The Kier molecular flexibility index (Phi) is 10.9. The van der Waals surface area contributed by atoms with Crippen molar-refractivity contribution in [1.29, 1.82) is 0 Å². The summed E-state index contributed by atoms with van der Waals surface area (Å²) in [5, 5.41) is 0. The minimum atomic E-state index is -0.652. The number of carbonyl (C=O) groups excluding carboxylic acids is 4. The van der Waals surface area contributed by atoms with Gasteiger partial charge in [-0.15, -0.1) is 0 Å². The van der Waals surface area contributed by atoms with Gasteiger partial charge in [-0.3, -0.25) is 0 Å². The number of hydrogen-bond donors (Lipinski definition) is 0. The average Bonchev–Trinajstić information content (AvgIpc) is 3.88. The molecule has 9 unspecified atom stereocenters. The molecule has 334 valence electrons. The molecule has 6 aliphatic rings. The van der Waals surface area contributed by atoms with E-state index in [1.165, 1.54) is 75.3 Å². The topological polar surface area (TPSA) is 105 Å². The van der Waals surface area contributed by atoms with E-state index in [0.29, 0.717) is 39.7 Å². The molecule has 8 nitrogen and oxygen atoms in total. The van der Waals surface area contributed by atoms with Gasteiger partial charge in [0.1, 0.15) is 23.0 Å². The summed E-state index contributed by atoms with van der Waals surface area (Å²) < 4.78 is 22.2. The number of carbonyl (C=O) groups is 4. The molecule has 0 amide bonds. The fourth-order valence-electron chi connectivity index (χ4n) is 14.4. The first-order valence-electron chi connectivity index (χ1n) is 24.1.